The van der Waals surface area contributed by atoms with Gasteiger partial charge >= 0.3 is 0 Å². The summed E-state index contributed by atoms with van der Waals surface area (Å²) in [6.07, 6.45) is 3.30. The molecule has 1 aromatic rings. The van der Waals surface area contributed by atoms with Gasteiger partial charge in [0.05, 0.1) is 6.04 Å². The molecule has 1 unspecified atom stereocenters. The standard InChI is InChI=1S/C16H26N2O3S2/c1-11(2)15(18-8-6-5-7-9-18)16(19)17-23(20,21)14-10-12(3)13(4)22-14/h10-11,15H,5-9H2,1-4H3,(H,17,19). The topological polar surface area (TPSA) is 66.5 Å². The molecule has 1 aromatic heterocycles. The van der Waals surface area contributed by atoms with E-state index in [0.717, 1.165) is 36.4 Å². The van der Waals surface area contributed by atoms with Crippen LogP contribution in [0.4, 0.5) is 0 Å². The van der Waals surface area contributed by atoms with Crippen molar-refractivity contribution in [1.29, 1.82) is 0 Å². The van der Waals surface area contributed by atoms with Crippen LogP contribution in [0.15, 0.2) is 10.3 Å². The minimum Gasteiger partial charge on any atom is -0.292 e. The molecule has 1 aliphatic heterocycles. The molecular weight excluding hydrogens is 332 g/mol. The summed E-state index contributed by atoms with van der Waals surface area (Å²) in [7, 11) is -3.79. The molecule has 0 spiro atoms. The van der Waals surface area contributed by atoms with Gasteiger partial charge in [-0.15, -0.1) is 11.3 Å². The summed E-state index contributed by atoms with van der Waals surface area (Å²) in [5.41, 5.74) is 0.930. The molecule has 1 atom stereocenters. The van der Waals surface area contributed by atoms with Crippen LogP contribution in [0.5, 0.6) is 0 Å². The summed E-state index contributed by atoms with van der Waals surface area (Å²) >= 11 is 1.20. The molecule has 130 valence electrons. The van der Waals surface area contributed by atoms with Crippen molar-refractivity contribution in [2.75, 3.05) is 13.1 Å². The first kappa shape index (κ1) is 18.4. The van der Waals surface area contributed by atoms with E-state index in [-0.39, 0.29) is 10.1 Å². The van der Waals surface area contributed by atoms with E-state index in [1.807, 2.05) is 27.7 Å². The number of carbonyl (C=O) groups excluding carboxylic acids is 1. The Morgan fingerprint density at radius 1 is 1.22 bits per heavy atom. The minimum atomic E-state index is -3.79. The maximum absolute atomic E-state index is 12.6. The van der Waals surface area contributed by atoms with Crippen molar-refractivity contribution in [3.05, 3.63) is 16.5 Å². The second kappa shape index (κ2) is 7.32. The lowest BCUT2D eigenvalue weighted by Gasteiger charge is -2.35. The first-order valence-corrected chi connectivity index (χ1v) is 10.4. The normalized spacial score (nSPS) is 18.1. The maximum Gasteiger partial charge on any atom is 0.273 e. The smallest absolute Gasteiger partial charge is 0.273 e. The Kier molecular flexibility index (Phi) is 5.86. The predicted molar refractivity (Wildman–Crippen MR) is 93.2 cm³/mol. The molecule has 1 N–H and O–H groups in total. The number of amides is 1. The van der Waals surface area contributed by atoms with Gasteiger partial charge in [0.15, 0.2) is 0 Å². The van der Waals surface area contributed by atoms with E-state index < -0.39 is 22.0 Å². The van der Waals surface area contributed by atoms with Crippen molar-refractivity contribution in [3.63, 3.8) is 0 Å². The van der Waals surface area contributed by atoms with Crippen molar-refractivity contribution in [2.24, 2.45) is 5.92 Å². The molecule has 0 bridgehead atoms. The molecule has 0 radical (unpaired) electrons. The zero-order chi connectivity index (χ0) is 17.2. The van der Waals surface area contributed by atoms with Crippen LogP contribution in [-0.2, 0) is 14.8 Å². The van der Waals surface area contributed by atoms with Gasteiger partial charge in [-0.1, -0.05) is 20.3 Å². The molecule has 1 amide bonds. The number of hydrogen-bond acceptors (Lipinski definition) is 5. The van der Waals surface area contributed by atoms with E-state index in [4.69, 9.17) is 0 Å². The fourth-order valence-electron chi connectivity index (χ4n) is 3.00. The minimum absolute atomic E-state index is 0.0649. The third-order valence-corrected chi connectivity index (χ3v) is 7.30. The van der Waals surface area contributed by atoms with Gasteiger partial charge in [0.1, 0.15) is 4.21 Å². The maximum atomic E-state index is 12.6. The Bertz CT molecular complexity index is 639. The van der Waals surface area contributed by atoms with Crippen molar-refractivity contribution in [2.45, 2.75) is 57.2 Å². The Morgan fingerprint density at radius 2 is 1.83 bits per heavy atom. The predicted octanol–water partition coefficient (Wildman–Crippen LogP) is 2.68. The van der Waals surface area contributed by atoms with Gasteiger partial charge in [0.25, 0.3) is 15.9 Å². The summed E-state index contributed by atoms with van der Waals surface area (Å²) < 4.78 is 27.5. The molecule has 0 saturated carbocycles. The van der Waals surface area contributed by atoms with E-state index in [2.05, 4.69) is 9.62 Å². The van der Waals surface area contributed by atoms with Crippen molar-refractivity contribution in [3.8, 4) is 0 Å². The van der Waals surface area contributed by atoms with Crippen LogP contribution in [0.1, 0.15) is 43.6 Å². The van der Waals surface area contributed by atoms with Gasteiger partial charge in [0, 0.05) is 4.88 Å². The number of aryl methyl sites for hydroxylation is 2. The van der Waals surface area contributed by atoms with Crippen LogP contribution >= 0.6 is 11.3 Å². The lowest BCUT2D eigenvalue weighted by atomic mass is 9.99. The molecule has 0 aliphatic carbocycles. The molecule has 1 fully saturated rings. The molecule has 7 heteroatoms. The molecule has 1 saturated heterocycles. The summed E-state index contributed by atoms with van der Waals surface area (Å²) in [6.45, 7) is 9.39. The summed E-state index contributed by atoms with van der Waals surface area (Å²) in [4.78, 5) is 15.7. The third-order valence-electron chi connectivity index (χ3n) is 4.33. The SMILES string of the molecule is Cc1cc(S(=O)(=O)NC(=O)C(C(C)C)N2CCCCC2)sc1C. The number of carbonyl (C=O) groups is 1. The number of likely N-dealkylation sites (tertiary alicyclic amines) is 1. The number of thiophene rings is 1. The van der Waals surface area contributed by atoms with E-state index in [1.165, 1.54) is 17.8 Å². The lowest BCUT2D eigenvalue weighted by molar-refractivity contribution is -0.126. The second-order valence-electron chi connectivity index (χ2n) is 6.56. The first-order chi connectivity index (χ1) is 10.7. The monoisotopic (exact) mass is 358 g/mol. The molecule has 0 aromatic carbocycles. The highest BCUT2D eigenvalue weighted by Gasteiger charge is 2.33. The van der Waals surface area contributed by atoms with Crippen LogP contribution in [0.3, 0.4) is 0 Å². The van der Waals surface area contributed by atoms with Gasteiger partial charge in [-0.05, 0) is 57.3 Å². The van der Waals surface area contributed by atoms with E-state index in [9.17, 15) is 13.2 Å². The quantitative estimate of drug-likeness (QED) is 0.879. The fourth-order valence-corrected chi connectivity index (χ4v) is 5.52. The highest BCUT2D eigenvalue weighted by molar-refractivity contribution is 7.92. The Balaban J connectivity index is 2.17. The molecule has 23 heavy (non-hydrogen) atoms. The Labute approximate surface area is 143 Å². The molecular formula is C16H26N2O3S2. The zero-order valence-electron chi connectivity index (χ0n) is 14.3. The Morgan fingerprint density at radius 3 is 2.30 bits per heavy atom. The zero-order valence-corrected chi connectivity index (χ0v) is 15.9. The van der Waals surface area contributed by atoms with Crippen LogP contribution in [0.2, 0.25) is 0 Å². The number of nitrogens with one attached hydrogen (secondary N) is 1. The van der Waals surface area contributed by atoms with Crippen LogP contribution < -0.4 is 4.72 Å². The average Bonchev–Trinajstić information content (AvgIpc) is 2.80. The van der Waals surface area contributed by atoms with E-state index in [1.54, 1.807) is 6.07 Å². The summed E-state index contributed by atoms with van der Waals surface area (Å²) in [6, 6.07) is 1.23. The number of sulfonamides is 1. The summed E-state index contributed by atoms with van der Waals surface area (Å²) in [5.74, 6) is -0.347. The molecule has 5 nitrogen and oxygen atoms in total. The fraction of sp³-hybridized carbons (Fsp3) is 0.688. The van der Waals surface area contributed by atoms with Crippen LogP contribution in [0, 0.1) is 19.8 Å². The number of piperidine rings is 1. The highest BCUT2D eigenvalue weighted by atomic mass is 32.2. The van der Waals surface area contributed by atoms with Crippen molar-refractivity contribution < 1.29 is 13.2 Å². The Hall–Kier alpha value is -0.920. The van der Waals surface area contributed by atoms with Gasteiger partial charge in [-0.3, -0.25) is 9.69 Å². The van der Waals surface area contributed by atoms with Crippen molar-refractivity contribution in [1.82, 2.24) is 9.62 Å². The molecule has 2 heterocycles. The van der Waals surface area contributed by atoms with Crippen LogP contribution in [0.25, 0.3) is 0 Å². The number of hydrogen-bond donors (Lipinski definition) is 1. The lowest BCUT2D eigenvalue weighted by Crippen LogP contribution is -2.52. The van der Waals surface area contributed by atoms with Gasteiger partial charge in [0.2, 0.25) is 0 Å². The molecule has 2 rings (SSSR count). The van der Waals surface area contributed by atoms with Crippen LogP contribution in [-0.4, -0.2) is 38.4 Å². The van der Waals surface area contributed by atoms with Gasteiger partial charge in [-0.25, -0.2) is 13.1 Å². The average molecular weight is 359 g/mol. The van der Waals surface area contributed by atoms with Gasteiger partial charge < -0.3 is 0 Å². The van der Waals surface area contributed by atoms with E-state index in [0.29, 0.717) is 0 Å². The first-order valence-electron chi connectivity index (χ1n) is 8.10. The largest absolute Gasteiger partial charge is 0.292 e. The third kappa shape index (κ3) is 4.33. The summed E-state index contributed by atoms with van der Waals surface area (Å²) in [5, 5.41) is 0. The van der Waals surface area contributed by atoms with Gasteiger partial charge in [-0.2, -0.15) is 0 Å². The number of rotatable bonds is 5. The second-order valence-corrected chi connectivity index (χ2v) is 9.73. The van der Waals surface area contributed by atoms with Crippen molar-refractivity contribution >= 4 is 27.3 Å². The number of nitrogens with zero attached hydrogens (tertiary/aromatic N) is 1. The molecule has 1 aliphatic rings. The highest BCUT2D eigenvalue weighted by Crippen LogP contribution is 2.25. The van der Waals surface area contributed by atoms with E-state index >= 15 is 0 Å².